The standard InChI is InChI=1S/C9H18N2O5S/c12-9(13)7-17(14,15)11-5-6-16-8-1-3-10-4-2-8/h8,10-11H,1-7H2,(H,12,13). The van der Waals surface area contributed by atoms with Crippen molar-refractivity contribution in [1.29, 1.82) is 0 Å². The number of ether oxygens (including phenoxy) is 1. The largest absolute Gasteiger partial charge is 0.480 e. The number of carboxylic acid groups (broad SMARTS) is 1. The average molecular weight is 266 g/mol. The van der Waals surface area contributed by atoms with Crippen molar-refractivity contribution in [2.24, 2.45) is 0 Å². The molecule has 1 aliphatic rings. The highest BCUT2D eigenvalue weighted by atomic mass is 32.2. The fourth-order valence-electron chi connectivity index (χ4n) is 1.60. The van der Waals surface area contributed by atoms with Gasteiger partial charge in [-0.2, -0.15) is 0 Å². The zero-order valence-corrected chi connectivity index (χ0v) is 10.3. The van der Waals surface area contributed by atoms with Crippen LogP contribution in [-0.2, 0) is 19.6 Å². The molecule has 8 heteroatoms. The SMILES string of the molecule is O=C(O)CS(=O)(=O)NCCOC1CCNCC1. The van der Waals surface area contributed by atoms with Crippen molar-refractivity contribution in [2.75, 3.05) is 32.0 Å². The summed E-state index contributed by atoms with van der Waals surface area (Å²) < 4.78 is 29.9. The smallest absolute Gasteiger partial charge is 0.320 e. The third-order valence-corrected chi connectivity index (χ3v) is 3.65. The molecule has 0 bridgehead atoms. The molecule has 3 N–H and O–H groups in total. The van der Waals surface area contributed by atoms with Crippen LogP contribution in [0.5, 0.6) is 0 Å². The molecule has 0 atom stereocenters. The van der Waals surface area contributed by atoms with Crippen molar-refractivity contribution in [3.8, 4) is 0 Å². The third kappa shape index (κ3) is 6.57. The Morgan fingerprint density at radius 1 is 1.41 bits per heavy atom. The van der Waals surface area contributed by atoms with E-state index in [4.69, 9.17) is 9.84 Å². The summed E-state index contributed by atoms with van der Waals surface area (Å²) in [5, 5.41) is 11.5. The van der Waals surface area contributed by atoms with Gasteiger partial charge in [0, 0.05) is 6.54 Å². The monoisotopic (exact) mass is 266 g/mol. The number of nitrogens with one attached hydrogen (secondary N) is 2. The molecule has 100 valence electrons. The van der Waals surface area contributed by atoms with E-state index < -0.39 is 21.7 Å². The van der Waals surface area contributed by atoms with Crippen molar-refractivity contribution >= 4 is 16.0 Å². The number of carbonyl (C=O) groups is 1. The number of rotatable bonds is 7. The minimum Gasteiger partial charge on any atom is -0.480 e. The van der Waals surface area contributed by atoms with E-state index in [0.29, 0.717) is 0 Å². The molecule has 0 unspecified atom stereocenters. The van der Waals surface area contributed by atoms with Crippen molar-refractivity contribution in [1.82, 2.24) is 10.0 Å². The van der Waals surface area contributed by atoms with Crippen LogP contribution in [0.1, 0.15) is 12.8 Å². The molecule has 0 aliphatic carbocycles. The molecule has 1 aliphatic heterocycles. The first-order chi connectivity index (χ1) is 7.99. The Morgan fingerprint density at radius 2 is 2.06 bits per heavy atom. The van der Waals surface area contributed by atoms with Gasteiger partial charge in [-0.05, 0) is 25.9 Å². The van der Waals surface area contributed by atoms with Gasteiger partial charge < -0.3 is 15.2 Å². The zero-order valence-electron chi connectivity index (χ0n) is 9.52. The lowest BCUT2D eigenvalue weighted by Crippen LogP contribution is -2.36. The van der Waals surface area contributed by atoms with Crippen LogP contribution in [0.25, 0.3) is 0 Å². The predicted molar refractivity (Wildman–Crippen MR) is 61.3 cm³/mol. The molecule has 0 aromatic rings. The minimum atomic E-state index is -3.73. The van der Waals surface area contributed by atoms with Gasteiger partial charge >= 0.3 is 5.97 Å². The molecular weight excluding hydrogens is 248 g/mol. The van der Waals surface area contributed by atoms with Crippen molar-refractivity contribution in [2.45, 2.75) is 18.9 Å². The van der Waals surface area contributed by atoms with Gasteiger partial charge in [-0.15, -0.1) is 0 Å². The average Bonchev–Trinajstić information content (AvgIpc) is 2.24. The van der Waals surface area contributed by atoms with Gasteiger partial charge in [0.25, 0.3) is 0 Å². The summed E-state index contributed by atoms with van der Waals surface area (Å²) in [5.74, 6) is -2.27. The molecule has 0 aromatic carbocycles. The first-order valence-corrected chi connectivity index (χ1v) is 7.16. The van der Waals surface area contributed by atoms with Gasteiger partial charge in [0.05, 0.1) is 12.7 Å². The van der Waals surface area contributed by atoms with Crippen molar-refractivity contribution < 1.29 is 23.1 Å². The first-order valence-electron chi connectivity index (χ1n) is 5.51. The summed E-state index contributed by atoms with van der Waals surface area (Å²) >= 11 is 0. The summed E-state index contributed by atoms with van der Waals surface area (Å²) in [7, 11) is -3.73. The topological polar surface area (TPSA) is 105 Å². The van der Waals surface area contributed by atoms with E-state index in [0.717, 1.165) is 25.9 Å². The number of aliphatic carboxylic acids is 1. The fraction of sp³-hybridized carbons (Fsp3) is 0.889. The van der Waals surface area contributed by atoms with E-state index in [2.05, 4.69) is 10.0 Å². The Balaban J connectivity index is 2.12. The van der Waals surface area contributed by atoms with Gasteiger partial charge in [-0.1, -0.05) is 0 Å². The van der Waals surface area contributed by atoms with Gasteiger partial charge in [0.1, 0.15) is 0 Å². The third-order valence-electron chi connectivity index (χ3n) is 2.38. The molecule has 0 aromatic heterocycles. The predicted octanol–water partition coefficient (Wildman–Crippen LogP) is -1.24. The van der Waals surface area contributed by atoms with Crippen LogP contribution in [0.3, 0.4) is 0 Å². The molecule has 1 heterocycles. The molecular formula is C9H18N2O5S. The van der Waals surface area contributed by atoms with Gasteiger partial charge in [-0.3, -0.25) is 4.79 Å². The molecule has 0 saturated carbocycles. The van der Waals surface area contributed by atoms with Crippen LogP contribution in [0.4, 0.5) is 0 Å². The highest BCUT2D eigenvalue weighted by Crippen LogP contribution is 2.06. The van der Waals surface area contributed by atoms with Gasteiger partial charge in [0.15, 0.2) is 5.75 Å². The second-order valence-corrected chi connectivity index (χ2v) is 5.67. The maximum absolute atomic E-state index is 11.1. The van der Waals surface area contributed by atoms with E-state index in [-0.39, 0.29) is 19.3 Å². The normalized spacial score (nSPS) is 18.1. The second-order valence-electron chi connectivity index (χ2n) is 3.87. The van der Waals surface area contributed by atoms with E-state index in [1.54, 1.807) is 0 Å². The number of piperidine rings is 1. The molecule has 1 fully saturated rings. The Morgan fingerprint density at radius 3 is 2.65 bits per heavy atom. The highest BCUT2D eigenvalue weighted by Gasteiger charge is 2.16. The number of hydrogen-bond donors (Lipinski definition) is 3. The summed E-state index contributed by atoms with van der Waals surface area (Å²) in [6, 6.07) is 0. The van der Waals surface area contributed by atoms with Crippen LogP contribution in [-0.4, -0.2) is 57.6 Å². The lowest BCUT2D eigenvalue weighted by atomic mass is 10.1. The summed E-state index contributed by atoms with van der Waals surface area (Å²) in [4.78, 5) is 10.2. The number of carboxylic acids is 1. The van der Waals surface area contributed by atoms with Gasteiger partial charge in [-0.25, -0.2) is 13.1 Å². The molecule has 0 amide bonds. The van der Waals surface area contributed by atoms with Gasteiger partial charge in [0.2, 0.25) is 10.0 Å². The summed E-state index contributed by atoms with van der Waals surface area (Å²) in [5.41, 5.74) is 0. The van der Waals surface area contributed by atoms with Crippen molar-refractivity contribution in [3.63, 3.8) is 0 Å². The molecule has 0 spiro atoms. The Labute approximate surface area is 101 Å². The summed E-state index contributed by atoms with van der Waals surface area (Å²) in [6.45, 7) is 2.20. The molecule has 1 saturated heterocycles. The van der Waals surface area contributed by atoms with E-state index in [1.807, 2.05) is 0 Å². The van der Waals surface area contributed by atoms with E-state index in [1.165, 1.54) is 0 Å². The van der Waals surface area contributed by atoms with Crippen LogP contribution < -0.4 is 10.0 Å². The molecule has 0 radical (unpaired) electrons. The second kappa shape index (κ2) is 6.90. The molecule has 1 rings (SSSR count). The van der Waals surface area contributed by atoms with Crippen molar-refractivity contribution in [3.05, 3.63) is 0 Å². The summed E-state index contributed by atoms with van der Waals surface area (Å²) in [6.07, 6.45) is 2.00. The Kier molecular flexibility index (Phi) is 5.83. The number of hydrogen-bond acceptors (Lipinski definition) is 5. The van der Waals surface area contributed by atoms with Crippen LogP contribution in [0, 0.1) is 0 Å². The Hall–Kier alpha value is -0.700. The highest BCUT2D eigenvalue weighted by molar-refractivity contribution is 7.90. The maximum atomic E-state index is 11.1. The zero-order chi connectivity index (χ0) is 12.7. The van der Waals surface area contributed by atoms with Crippen LogP contribution in [0.15, 0.2) is 0 Å². The fourth-order valence-corrected chi connectivity index (χ4v) is 2.42. The van der Waals surface area contributed by atoms with Crippen LogP contribution >= 0.6 is 0 Å². The number of sulfonamides is 1. The lowest BCUT2D eigenvalue weighted by molar-refractivity contribution is -0.134. The minimum absolute atomic E-state index is 0.111. The quantitative estimate of drug-likeness (QED) is 0.498. The molecule has 7 nitrogen and oxygen atoms in total. The molecule has 17 heavy (non-hydrogen) atoms. The Bertz CT molecular complexity index is 337. The lowest BCUT2D eigenvalue weighted by Gasteiger charge is -2.22. The van der Waals surface area contributed by atoms with E-state index >= 15 is 0 Å². The van der Waals surface area contributed by atoms with Crippen LogP contribution in [0.2, 0.25) is 0 Å². The van der Waals surface area contributed by atoms with E-state index in [9.17, 15) is 13.2 Å². The first kappa shape index (κ1) is 14.4. The maximum Gasteiger partial charge on any atom is 0.320 e.